The lowest BCUT2D eigenvalue weighted by atomic mass is 10.2. The number of para-hydroxylation sites is 1. The second-order valence-electron chi connectivity index (χ2n) is 4.24. The molecule has 18 heavy (non-hydrogen) atoms. The van der Waals surface area contributed by atoms with E-state index in [1.807, 2.05) is 41.3 Å². The maximum absolute atomic E-state index is 11.9. The molecule has 0 bridgehead atoms. The minimum Gasteiger partial charge on any atom is -0.295 e. The van der Waals surface area contributed by atoms with Crippen molar-refractivity contribution in [2.75, 3.05) is 4.90 Å². The molecular weight excluding hydrogens is 242 g/mol. The predicted octanol–water partition coefficient (Wildman–Crippen LogP) is 3.84. The highest BCUT2D eigenvalue weighted by Gasteiger charge is 2.33. The van der Waals surface area contributed by atoms with Crippen molar-refractivity contribution >= 4 is 23.4 Å². The molecule has 1 atom stereocenters. The standard InChI is InChI=1S/C15H13NOS/c1-11(17)16-13-9-5-6-10-14(13)18-15(16)12-7-3-2-4-8-12/h2-10,15H,1H3. The van der Waals surface area contributed by atoms with Crippen molar-refractivity contribution in [1.29, 1.82) is 0 Å². The van der Waals surface area contributed by atoms with E-state index in [4.69, 9.17) is 0 Å². The molecule has 0 aromatic heterocycles. The van der Waals surface area contributed by atoms with Gasteiger partial charge in [-0.2, -0.15) is 0 Å². The molecule has 0 N–H and O–H groups in total. The number of fused-ring (bicyclic) bond motifs is 1. The Morgan fingerprint density at radius 2 is 1.72 bits per heavy atom. The van der Waals surface area contributed by atoms with E-state index >= 15 is 0 Å². The van der Waals surface area contributed by atoms with E-state index in [-0.39, 0.29) is 11.3 Å². The van der Waals surface area contributed by atoms with E-state index in [0.717, 1.165) is 11.3 Å². The van der Waals surface area contributed by atoms with Crippen molar-refractivity contribution in [2.24, 2.45) is 0 Å². The average Bonchev–Trinajstić information content (AvgIpc) is 2.79. The van der Waals surface area contributed by atoms with Crippen LogP contribution in [0.3, 0.4) is 0 Å². The fraction of sp³-hybridized carbons (Fsp3) is 0.133. The van der Waals surface area contributed by atoms with Gasteiger partial charge < -0.3 is 0 Å². The van der Waals surface area contributed by atoms with Crippen LogP contribution >= 0.6 is 11.8 Å². The lowest BCUT2D eigenvalue weighted by molar-refractivity contribution is -0.116. The van der Waals surface area contributed by atoms with Crippen LogP contribution in [0, 0.1) is 0 Å². The third-order valence-electron chi connectivity index (χ3n) is 3.02. The van der Waals surface area contributed by atoms with Crippen LogP contribution in [0.15, 0.2) is 59.5 Å². The first kappa shape index (κ1) is 11.4. The quantitative estimate of drug-likeness (QED) is 0.771. The van der Waals surface area contributed by atoms with E-state index in [9.17, 15) is 4.79 Å². The molecule has 2 aromatic carbocycles. The summed E-state index contributed by atoms with van der Waals surface area (Å²) in [5.41, 5.74) is 2.18. The minimum atomic E-state index is 0.0566. The summed E-state index contributed by atoms with van der Waals surface area (Å²) >= 11 is 1.73. The topological polar surface area (TPSA) is 20.3 Å². The molecule has 1 aliphatic heterocycles. The van der Waals surface area contributed by atoms with E-state index in [0.29, 0.717) is 0 Å². The van der Waals surface area contributed by atoms with Crippen molar-refractivity contribution in [3.63, 3.8) is 0 Å². The van der Waals surface area contributed by atoms with Gasteiger partial charge in [-0.1, -0.05) is 54.2 Å². The molecule has 3 heteroatoms. The van der Waals surface area contributed by atoms with Gasteiger partial charge in [0.1, 0.15) is 5.37 Å². The molecule has 0 spiro atoms. The van der Waals surface area contributed by atoms with Gasteiger partial charge in [-0.25, -0.2) is 0 Å². The number of hydrogen-bond donors (Lipinski definition) is 0. The van der Waals surface area contributed by atoms with Gasteiger partial charge in [0.05, 0.1) is 5.69 Å². The minimum absolute atomic E-state index is 0.0566. The van der Waals surface area contributed by atoms with Gasteiger partial charge in [0.25, 0.3) is 0 Å². The number of benzene rings is 2. The molecule has 0 saturated carbocycles. The van der Waals surface area contributed by atoms with Gasteiger partial charge in [0.2, 0.25) is 5.91 Å². The fourth-order valence-corrected chi connectivity index (χ4v) is 3.57. The lowest BCUT2D eigenvalue weighted by Gasteiger charge is -2.23. The zero-order chi connectivity index (χ0) is 12.5. The summed E-state index contributed by atoms with van der Waals surface area (Å²) in [5.74, 6) is 0.0845. The van der Waals surface area contributed by atoms with Crippen LogP contribution in [0.5, 0.6) is 0 Å². The second-order valence-corrected chi connectivity index (χ2v) is 5.36. The number of hydrogen-bond acceptors (Lipinski definition) is 2. The van der Waals surface area contributed by atoms with Crippen LogP contribution in [0.2, 0.25) is 0 Å². The Kier molecular flexibility index (Phi) is 2.84. The number of carbonyl (C=O) groups is 1. The largest absolute Gasteiger partial charge is 0.295 e. The molecule has 0 fully saturated rings. The van der Waals surface area contributed by atoms with Crippen molar-refractivity contribution < 1.29 is 4.79 Å². The molecule has 1 amide bonds. The van der Waals surface area contributed by atoms with E-state index in [2.05, 4.69) is 18.2 Å². The van der Waals surface area contributed by atoms with Crippen molar-refractivity contribution in [1.82, 2.24) is 0 Å². The van der Waals surface area contributed by atoms with Crippen molar-refractivity contribution in [3.05, 3.63) is 60.2 Å². The Morgan fingerprint density at radius 1 is 1.06 bits per heavy atom. The van der Waals surface area contributed by atoms with Crippen molar-refractivity contribution in [3.8, 4) is 0 Å². The van der Waals surface area contributed by atoms with Gasteiger partial charge in [-0.3, -0.25) is 9.69 Å². The molecule has 0 radical (unpaired) electrons. The summed E-state index contributed by atoms with van der Waals surface area (Å²) in [6, 6.07) is 18.2. The van der Waals surface area contributed by atoms with Gasteiger partial charge >= 0.3 is 0 Å². The Morgan fingerprint density at radius 3 is 2.44 bits per heavy atom. The highest BCUT2D eigenvalue weighted by molar-refractivity contribution is 8.00. The van der Waals surface area contributed by atoms with Gasteiger partial charge in [-0.05, 0) is 17.7 Å². The first-order valence-electron chi connectivity index (χ1n) is 5.88. The third kappa shape index (κ3) is 1.81. The summed E-state index contributed by atoms with van der Waals surface area (Å²) in [4.78, 5) is 14.9. The summed E-state index contributed by atoms with van der Waals surface area (Å²) in [7, 11) is 0. The lowest BCUT2D eigenvalue weighted by Crippen LogP contribution is -2.28. The van der Waals surface area contributed by atoms with Gasteiger partial charge in [0.15, 0.2) is 0 Å². The molecular formula is C15H13NOS. The zero-order valence-electron chi connectivity index (χ0n) is 10.0. The summed E-state index contributed by atoms with van der Waals surface area (Å²) in [5, 5.41) is 0.0566. The number of nitrogens with zero attached hydrogens (tertiary/aromatic N) is 1. The maximum Gasteiger partial charge on any atom is 0.225 e. The molecule has 2 nitrogen and oxygen atoms in total. The van der Waals surface area contributed by atoms with Gasteiger partial charge in [-0.15, -0.1) is 0 Å². The number of carbonyl (C=O) groups excluding carboxylic acids is 1. The fourth-order valence-electron chi connectivity index (χ4n) is 2.22. The van der Waals surface area contributed by atoms with Crippen LogP contribution in [0.4, 0.5) is 5.69 Å². The Labute approximate surface area is 111 Å². The summed E-state index contributed by atoms with van der Waals surface area (Å²) < 4.78 is 0. The van der Waals surface area contributed by atoms with E-state index in [1.165, 1.54) is 4.90 Å². The molecule has 1 unspecified atom stereocenters. The summed E-state index contributed by atoms with van der Waals surface area (Å²) in [6.07, 6.45) is 0. The molecule has 0 saturated heterocycles. The predicted molar refractivity (Wildman–Crippen MR) is 74.6 cm³/mol. The first-order chi connectivity index (χ1) is 8.77. The summed E-state index contributed by atoms with van der Waals surface area (Å²) in [6.45, 7) is 1.62. The molecule has 90 valence electrons. The molecule has 0 aliphatic carbocycles. The van der Waals surface area contributed by atoms with E-state index in [1.54, 1.807) is 18.7 Å². The third-order valence-corrected chi connectivity index (χ3v) is 4.33. The number of rotatable bonds is 1. The molecule has 2 aromatic rings. The molecule has 1 aliphatic rings. The first-order valence-corrected chi connectivity index (χ1v) is 6.76. The zero-order valence-corrected chi connectivity index (χ0v) is 10.9. The van der Waals surface area contributed by atoms with E-state index < -0.39 is 0 Å². The smallest absolute Gasteiger partial charge is 0.225 e. The van der Waals surface area contributed by atoms with Crippen LogP contribution in [0.25, 0.3) is 0 Å². The van der Waals surface area contributed by atoms with Crippen LogP contribution in [0.1, 0.15) is 17.9 Å². The number of thioether (sulfide) groups is 1. The number of anilines is 1. The van der Waals surface area contributed by atoms with Gasteiger partial charge in [0, 0.05) is 11.8 Å². The highest BCUT2D eigenvalue weighted by atomic mass is 32.2. The number of amides is 1. The maximum atomic E-state index is 11.9. The van der Waals surface area contributed by atoms with Crippen LogP contribution < -0.4 is 4.90 Å². The normalized spacial score (nSPS) is 17.6. The highest BCUT2D eigenvalue weighted by Crippen LogP contribution is 2.50. The monoisotopic (exact) mass is 255 g/mol. The van der Waals surface area contributed by atoms with Crippen LogP contribution in [-0.2, 0) is 4.79 Å². The van der Waals surface area contributed by atoms with Crippen molar-refractivity contribution in [2.45, 2.75) is 17.2 Å². The van der Waals surface area contributed by atoms with Crippen LogP contribution in [-0.4, -0.2) is 5.91 Å². The molecule has 1 heterocycles. The Balaban J connectivity index is 2.06. The molecule has 3 rings (SSSR count). The Bertz CT molecular complexity index is 582. The second kappa shape index (κ2) is 4.50. The Hall–Kier alpha value is -1.74. The average molecular weight is 255 g/mol. The SMILES string of the molecule is CC(=O)N1c2ccccc2SC1c1ccccc1.